The first kappa shape index (κ1) is 8.18. The molecule has 0 saturated heterocycles. The van der Waals surface area contributed by atoms with E-state index in [2.05, 4.69) is 31.2 Å². The van der Waals surface area contributed by atoms with Crippen molar-refractivity contribution in [1.82, 2.24) is 0 Å². The van der Waals surface area contributed by atoms with E-state index >= 15 is 0 Å². The fraction of sp³-hybridized carbons (Fsp3) is 0.455. The quantitative estimate of drug-likeness (QED) is 0.638. The van der Waals surface area contributed by atoms with Gasteiger partial charge in [-0.1, -0.05) is 17.7 Å². The fourth-order valence-corrected chi connectivity index (χ4v) is 2.41. The first-order chi connectivity index (χ1) is 5.84. The monoisotopic (exact) mass is 178 g/mol. The predicted octanol–water partition coefficient (Wildman–Crippen LogP) is 3.50. The summed E-state index contributed by atoms with van der Waals surface area (Å²) in [5.74, 6) is 2.35. The number of aryl methyl sites for hydroxylation is 1. The van der Waals surface area contributed by atoms with Gasteiger partial charge in [-0.05, 0) is 37.8 Å². The van der Waals surface area contributed by atoms with E-state index in [-0.39, 0.29) is 0 Å². The van der Waals surface area contributed by atoms with Gasteiger partial charge < -0.3 is 0 Å². The highest BCUT2D eigenvalue weighted by atomic mass is 32.2. The zero-order valence-corrected chi connectivity index (χ0v) is 8.23. The lowest BCUT2D eigenvalue weighted by Crippen LogP contribution is -1.81. The van der Waals surface area contributed by atoms with Crippen LogP contribution >= 0.6 is 11.8 Å². The van der Waals surface area contributed by atoms with Crippen LogP contribution in [0.3, 0.4) is 0 Å². The van der Waals surface area contributed by atoms with Crippen molar-refractivity contribution in [3.05, 3.63) is 29.8 Å². The van der Waals surface area contributed by atoms with Gasteiger partial charge in [-0.15, -0.1) is 11.8 Å². The molecule has 0 amide bonds. The lowest BCUT2D eigenvalue weighted by molar-refractivity contribution is 1.000. The molecular weight excluding hydrogens is 164 g/mol. The van der Waals surface area contributed by atoms with Gasteiger partial charge in [0.2, 0.25) is 0 Å². The predicted molar refractivity (Wildman–Crippen MR) is 54.6 cm³/mol. The van der Waals surface area contributed by atoms with E-state index in [4.69, 9.17) is 0 Å². The molecule has 1 saturated carbocycles. The van der Waals surface area contributed by atoms with Crippen LogP contribution in [0.2, 0.25) is 0 Å². The molecule has 0 radical (unpaired) electrons. The van der Waals surface area contributed by atoms with E-state index in [1.54, 1.807) is 0 Å². The first-order valence-corrected chi connectivity index (χ1v) is 5.52. The molecule has 0 aliphatic heterocycles. The molecule has 12 heavy (non-hydrogen) atoms. The van der Waals surface area contributed by atoms with Crippen LogP contribution in [0.1, 0.15) is 18.4 Å². The molecule has 1 aliphatic carbocycles. The van der Waals surface area contributed by atoms with Crippen LogP contribution in [0.15, 0.2) is 29.2 Å². The lowest BCUT2D eigenvalue weighted by Gasteiger charge is -2.00. The standard InChI is InChI=1S/C11H14S/c1-9-3-2-4-11(7-9)12-8-10-5-6-10/h2-4,7,10H,5-6,8H2,1H3. The van der Waals surface area contributed by atoms with Gasteiger partial charge in [0.05, 0.1) is 0 Å². The topological polar surface area (TPSA) is 0 Å². The van der Waals surface area contributed by atoms with Crippen LogP contribution in [0.5, 0.6) is 0 Å². The third-order valence-corrected chi connectivity index (χ3v) is 3.40. The van der Waals surface area contributed by atoms with Crippen LogP contribution in [0, 0.1) is 12.8 Å². The Balaban J connectivity index is 1.92. The van der Waals surface area contributed by atoms with Gasteiger partial charge in [0.1, 0.15) is 0 Å². The van der Waals surface area contributed by atoms with Crippen LogP contribution in [0.4, 0.5) is 0 Å². The molecule has 1 aliphatic rings. The Bertz CT molecular complexity index is 263. The summed E-state index contributed by atoms with van der Waals surface area (Å²) in [5, 5.41) is 0. The molecule has 0 aromatic heterocycles. The van der Waals surface area contributed by atoms with Gasteiger partial charge in [0.15, 0.2) is 0 Å². The number of hydrogen-bond donors (Lipinski definition) is 0. The molecule has 2 rings (SSSR count). The fourth-order valence-electron chi connectivity index (χ4n) is 1.20. The van der Waals surface area contributed by atoms with Crippen molar-refractivity contribution in [3.8, 4) is 0 Å². The Morgan fingerprint density at radius 2 is 2.25 bits per heavy atom. The van der Waals surface area contributed by atoms with Crippen molar-refractivity contribution >= 4 is 11.8 Å². The van der Waals surface area contributed by atoms with Gasteiger partial charge in [-0.3, -0.25) is 0 Å². The summed E-state index contributed by atoms with van der Waals surface area (Å²) in [4.78, 5) is 1.43. The Morgan fingerprint density at radius 3 is 2.92 bits per heavy atom. The van der Waals surface area contributed by atoms with Crippen molar-refractivity contribution < 1.29 is 0 Å². The van der Waals surface area contributed by atoms with Crippen LogP contribution in [-0.4, -0.2) is 5.75 Å². The Morgan fingerprint density at radius 1 is 1.42 bits per heavy atom. The van der Waals surface area contributed by atoms with Crippen molar-refractivity contribution in [2.75, 3.05) is 5.75 Å². The average molecular weight is 178 g/mol. The summed E-state index contributed by atoms with van der Waals surface area (Å²) in [6, 6.07) is 8.78. The molecular formula is C11H14S. The van der Waals surface area contributed by atoms with E-state index < -0.39 is 0 Å². The maximum absolute atomic E-state index is 2.27. The summed E-state index contributed by atoms with van der Waals surface area (Å²) in [6.07, 6.45) is 2.91. The van der Waals surface area contributed by atoms with Crippen LogP contribution in [-0.2, 0) is 0 Å². The highest BCUT2D eigenvalue weighted by molar-refractivity contribution is 7.99. The normalized spacial score (nSPS) is 16.4. The smallest absolute Gasteiger partial charge is 0.00746 e. The Hall–Kier alpha value is -0.430. The second-order valence-electron chi connectivity index (χ2n) is 3.57. The molecule has 1 aromatic rings. The zero-order chi connectivity index (χ0) is 8.39. The molecule has 0 spiro atoms. The maximum atomic E-state index is 2.27. The van der Waals surface area contributed by atoms with E-state index in [9.17, 15) is 0 Å². The van der Waals surface area contributed by atoms with E-state index in [1.165, 1.54) is 29.1 Å². The summed E-state index contributed by atoms with van der Waals surface area (Å²) in [7, 11) is 0. The minimum Gasteiger partial charge on any atom is -0.126 e. The zero-order valence-electron chi connectivity index (χ0n) is 7.42. The summed E-state index contributed by atoms with van der Waals surface area (Å²) in [6.45, 7) is 2.15. The molecule has 0 atom stereocenters. The van der Waals surface area contributed by atoms with Gasteiger partial charge in [0, 0.05) is 10.6 Å². The van der Waals surface area contributed by atoms with Gasteiger partial charge in [0.25, 0.3) is 0 Å². The highest BCUT2D eigenvalue weighted by Crippen LogP contribution is 2.35. The first-order valence-electron chi connectivity index (χ1n) is 4.54. The molecule has 64 valence electrons. The average Bonchev–Trinajstić information content (AvgIpc) is 2.84. The Kier molecular flexibility index (Phi) is 2.40. The molecule has 0 nitrogen and oxygen atoms in total. The van der Waals surface area contributed by atoms with Gasteiger partial charge in [-0.2, -0.15) is 0 Å². The second kappa shape index (κ2) is 3.53. The number of rotatable bonds is 3. The summed E-state index contributed by atoms with van der Waals surface area (Å²) in [5.41, 5.74) is 1.37. The van der Waals surface area contributed by atoms with Crippen molar-refractivity contribution in [2.24, 2.45) is 5.92 Å². The van der Waals surface area contributed by atoms with E-state index in [0.29, 0.717) is 0 Å². The maximum Gasteiger partial charge on any atom is 0.00746 e. The summed E-state index contributed by atoms with van der Waals surface area (Å²) >= 11 is 2.01. The molecule has 0 N–H and O–H groups in total. The minimum absolute atomic E-state index is 1.02. The summed E-state index contributed by atoms with van der Waals surface area (Å²) < 4.78 is 0. The highest BCUT2D eigenvalue weighted by Gasteiger charge is 2.20. The van der Waals surface area contributed by atoms with Gasteiger partial charge >= 0.3 is 0 Å². The third kappa shape index (κ3) is 2.28. The Labute approximate surface area is 78.4 Å². The van der Waals surface area contributed by atoms with Crippen molar-refractivity contribution in [1.29, 1.82) is 0 Å². The minimum atomic E-state index is 1.02. The van der Waals surface area contributed by atoms with Crippen molar-refractivity contribution in [2.45, 2.75) is 24.7 Å². The SMILES string of the molecule is Cc1cccc(SCC2CC2)c1. The third-order valence-electron chi connectivity index (χ3n) is 2.17. The van der Waals surface area contributed by atoms with E-state index in [1.807, 2.05) is 11.8 Å². The number of thioether (sulfide) groups is 1. The second-order valence-corrected chi connectivity index (χ2v) is 4.66. The van der Waals surface area contributed by atoms with Crippen molar-refractivity contribution in [3.63, 3.8) is 0 Å². The molecule has 0 heterocycles. The molecule has 1 heteroatoms. The largest absolute Gasteiger partial charge is 0.126 e. The molecule has 0 bridgehead atoms. The molecule has 0 unspecified atom stereocenters. The van der Waals surface area contributed by atoms with Gasteiger partial charge in [-0.25, -0.2) is 0 Å². The number of hydrogen-bond acceptors (Lipinski definition) is 1. The lowest BCUT2D eigenvalue weighted by atomic mass is 10.2. The molecule has 1 aromatic carbocycles. The number of benzene rings is 1. The van der Waals surface area contributed by atoms with E-state index in [0.717, 1.165) is 5.92 Å². The van der Waals surface area contributed by atoms with Crippen LogP contribution < -0.4 is 0 Å². The molecule has 1 fully saturated rings. The van der Waals surface area contributed by atoms with Crippen LogP contribution in [0.25, 0.3) is 0 Å².